The Balaban J connectivity index is 1.70. The van der Waals surface area contributed by atoms with E-state index in [-0.39, 0.29) is 28.9 Å². The second-order valence-electron chi connectivity index (χ2n) is 7.01. The number of anilines is 1. The average molecular weight is 288 g/mol. The Morgan fingerprint density at radius 3 is 2.38 bits per heavy atom. The van der Waals surface area contributed by atoms with Gasteiger partial charge >= 0.3 is 0 Å². The zero-order chi connectivity index (χ0) is 15.3. The Morgan fingerprint density at radius 1 is 1.29 bits per heavy atom. The Bertz CT molecular complexity index is 546. The number of ether oxygens (including phenoxy) is 1. The molecule has 2 aliphatic rings. The molecule has 4 heteroatoms. The zero-order valence-electron chi connectivity index (χ0n) is 13.0. The Labute approximate surface area is 126 Å². The van der Waals surface area contributed by atoms with Crippen LogP contribution in [0.1, 0.15) is 38.7 Å². The van der Waals surface area contributed by atoms with E-state index in [0.717, 1.165) is 30.5 Å². The summed E-state index contributed by atoms with van der Waals surface area (Å²) in [5, 5.41) is 3.24. The van der Waals surface area contributed by atoms with Crippen LogP contribution < -0.4 is 11.1 Å². The first-order valence-electron chi connectivity index (χ1n) is 7.60. The number of nitrogens with one attached hydrogen (secondary N) is 1. The monoisotopic (exact) mass is 288 g/mol. The third kappa shape index (κ3) is 2.22. The topological polar surface area (TPSA) is 64.3 Å². The van der Waals surface area contributed by atoms with Gasteiger partial charge in [-0.05, 0) is 37.0 Å². The number of nitrogens with two attached hydrogens (primary N) is 1. The summed E-state index contributed by atoms with van der Waals surface area (Å²) in [4.78, 5) is 12.7. The second kappa shape index (κ2) is 4.73. The third-order valence-corrected chi connectivity index (χ3v) is 5.42. The molecule has 1 aromatic carbocycles. The first kappa shape index (κ1) is 14.4. The maximum absolute atomic E-state index is 12.7. The predicted octanol–water partition coefficient (Wildman–Crippen LogP) is 2.23. The van der Waals surface area contributed by atoms with Crippen molar-refractivity contribution in [2.45, 2.75) is 50.7 Å². The molecule has 2 atom stereocenters. The van der Waals surface area contributed by atoms with Crippen LogP contribution in [0.25, 0.3) is 0 Å². The molecule has 1 aromatic rings. The standard InChI is InChI=1S/C17H24N2O2/c1-16(2)13(10-14(16)21-3)19-15(20)17(8-9-17)11-4-6-12(18)7-5-11/h4-7,13-14H,8-10,18H2,1-3H3,(H,19,20). The number of nitrogen functional groups attached to an aromatic ring is 1. The van der Waals surface area contributed by atoms with Crippen LogP contribution in [0.15, 0.2) is 24.3 Å². The van der Waals surface area contributed by atoms with Crippen molar-refractivity contribution in [1.82, 2.24) is 5.32 Å². The number of methoxy groups -OCH3 is 1. The summed E-state index contributed by atoms with van der Waals surface area (Å²) < 4.78 is 5.45. The van der Waals surface area contributed by atoms with E-state index in [1.807, 2.05) is 24.3 Å². The first-order chi connectivity index (χ1) is 9.90. The molecular formula is C17H24N2O2. The smallest absolute Gasteiger partial charge is 0.230 e. The van der Waals surface area contributed by atoms with E-state index in [9.17, 15) is 4.79 Å². The van der Waals surface area contributed by atoms with Crippen LogP contribution in [0.5, 0.6) is 0 Å². The molecule has 21 heavy (non-hydrogen) atoms. The normalized spacial score (nSPS) is 28.5. The van der Waals surface area contributed by atoms with Gasteiger partial charge in [0, 0.05) is 24.3 Å². The third-order valence-electron chi connectivity index (χ3n) is 5.42. The molecule has 0 spiro atoms. The molecule has 0 heterocycles. The van der Waals surface area contributed by atoms with Gasteiger partial charge in [-0.1, -0.05) is 26.0 Å². The quantitative estimate of drug-likeness (QED) is 0.835. The van der Waals surface area contributed by atoms with Gasteiger partial charge in [-0.3, -0.25) is 4.79 Å². The minimum absolute atomic E-state index is 0.00159. The minimum atomic E-state index is -0.331. The molecule has 0 aromatic heterocycles. The van der Waals surface area contributed by atoms with Gasteiger partial charge in [0.2, 0.25) is 5.91 Å². The van der Waals surface area contributed by atoms with Crippen molar-refractivity contribution in [3.63, 3.8) is 0 Å². The molecule has 2 saturated carbocycles. The molecule has 2 unspecified atom stereocenters. The van der Waals surface area contributed by atoms with E-state index in [1.54, 1.807) is 7.11 Å². The van der Waals surface area contributed by atoms with Crippen molar-refractivity contribution in [2.24, 2.45) is 5.41 Å². The highest BCUT2D eigenvalue weighted by atomic mass is 16.5. The summed E-state index contributed by atoms with van der Waals surface area (Å²) in [5.41, 5.74) is 7.21. The van der Waals surface area contributed by atoms with Crippen LogP contribution in [0.2, 0.25) is 0 Å². The molecule has 0 saturated heterocycles. The highest BCUT2D eigenvalue weighted by Gasteiger charge is 2.55. The van der Waals surface area contributed by atoms with Crippen molar-refractivity contribution in [2.75, 3.05) is 12.8 Å². The number of carbonyl (C=O) groups is 1. The number of hydrogen-bond acceptors (Lipinski definition) is 3. The largest absolute Gasteiger partial charge is 0.399 e. The lowest BCUT2D eigenvalue weighted by Crippen LogP contribution is -2.62. The predicted molar refractivity (Wildman–Crippen MR) is 82.9 cm³/mol. The van der Waals surface area contributed by atoms with Gasteiger partial charge < -0.3 is 15.8 Å². The summed E-state index contributed by atoms with van der Waals surface area (Å²) in [5.74, 6) is 0.153. The SMILES string of the molecule is COC1CC(NC(=O)C2(c3ccc(N)cc3)CC2)C1(C)C. The summed E-state index contributed by atoms with van der Waals surface area (Å²) in [6, 6.07) is 7.90. The van der Waals surface area contributed by atoms with Gasteiger partial charge in [-0.15, -0.1) is 0 Å². The van der Waals surface area contributed by atoms with Crippen molar-refractivity contribution in [3.8, 4) is 0 Å². The van der Waals surface area contributed by atoms with Gasteiger partial charge in [0.25, 0.3) is 0 Å². The summed E-state index contributed by atoms with van der Waals surface area (Å²) in [7, 11) is 1.74. The van der Waals surface area contributed by atoms with Crippen LogP contribution in [0.3, 0.4) is 0 Å². The molecule has 2 fully saturated rings. The lowest BCUT2D eigenvalue weighted by atomic mass is 9.64. The fourth-order valence-corrected chi connectivity index (χ4v) is 3.40. The van der Waals surface area contributed by atoms with Crippen LogP contribution in [0.4, 0.5) is 5.69 Å². The molecule has 2 aliphatic carbocycles. The molecule has 3 N–H and O–H groups in total. The number of benzene rings is 1. The molecular weight excluding hydrogens is 264 g/mol. The van der Waals surface area contributed by atoms with Crippen molar-refractivity contribution >= 4 is 11.6 Å². The van der Waals surface area contributed by atoms with Crippen LogP contribution >= 0.6 is 0 Å². The maximum Gasteiger partial charge on any atom is 0.230 e. The molecule has 1 amide bonds. The molecule has 3 rings (SSSR count). The number of rotatable bonds is 4. The van der Waals surface area contributed by atoms with Crippen molar-refractivity contribution in [3.05, 3.63) is 29.8 Å². The number of hydrogen-bond donors (Lipinski definition) is 2. The zero-order valence-corrected chi connectivity index (χ0v) is 13.0. The molecule has 0 bridgehead atoms. The number of amides is 1. The molecule has 114 valence electrons. The first-order valence-corrected chi connectivity index (χ1v) is 7.60. The fourth-order valence-electron chi connectivity index (χ4n) is 3.40. The van der Waals surface area contributed by atoms with Crippen molar-refractivity contribution < 1.29 is 9.53 Å². The van der Waals surface area contributed by atoms with Gasteiger partial charge in [0.05, 0.1) is 11.5 Å². The Hall–Kier alpha value is -1.55. The lowest BCUT2D eigenvalue weighted by molar-refractivity contribution is -0.134. The van der Waals surface area contributed by atoms with Crippen LogP contribution in [-0.4, -0.2) is 25.2 Å². The lowest BCUT2D eigenvalue weighted by Gasteiger charge is -2.51. The summed E-state index contributed by atoms with van der Waals surface area (Å²) in [6.45, 7) is 4.30. The molecule has 0 aliphatic heterocycles. The van der Waals surface area contributed by atoms with E-state index in [1.165, 1.54) is 0 Å². The Kier molecular flexibility index (Phi) is 3.24. The fraction of sp³-hybridized carbons (Fsp3) is 0.588. The van der Waals surface area contributed by atoms with E-state index >= 15 is 0 Å². The van der Waals surface area contributed by atoms with E-state index in [0.29, 0.717) is 0 Å². The molecule has 4 nitrogen and oxygen atoms in total. The Morgan fingerprint density at radius 2 is 1.90 bits per heavy atom. The molecule has 0 radical (unpaired) electrons. The average Bonchev–Trinajstić information content (AvgIpc) is 3.25. The summed E-state index contributed by atoms with van der Waals surface area (Å²) >= 11 is 0. The van der Waals surface area contributed by atoms with E-state index in [4.69, 9.17) is 10.5 Å². The van der Waals surface area contributed by atoms with E-state index < -0.39 is 0 Å². The number of carbonyl (C=O) groups excluding carboxylic acids is 1. The maximum atomic E-state index is 12.7. The summed E-state index contributed by atoms with van der Waals surface area (Å²) in [6.07, 6.45) is 2.97. The highest BCUT2D eigenvalue weighted by Crippen LogP contribution is 2.50. The highest BCUT2D eigenvalue weighted by molar-refractivity contribution is 5.91. The van der Waals surface area contributed by atoms with Gasteiger partial charge in [-0.2, -0.15) is 0 Å². The van der Waals surface area contributed by atoms with Crippen molar-refractivity contribution in [1.29, 1.82) is 0 Å². The second-order valence-corrected chi connectivity index (χ2v) is 7.01. The van der Waals surface area contributed by atoms with Crippen LogP contribution in [-0.2, 0) is 14.9 Å². The van der Waals surface area contributed by atoms with Gasteiger partial charge in [-0.25, -0.2) is 0 Å². The van der Waals surface area contributed by atoms with E-state index in [2.05, 4.69) is 19.2 Å². The van der Waals surface area contributed by atoms with Gasteiger partial charge in [0.1, 0.15) is 0 Å². The minimum Gasteiger partial charge on any atom is -0.399 e. The van der Waals surface area contributed by atoms with Crippen LogP contribution in [0, 0.1) is 5.41 Å². The van der Waals surface area contributed by atoms with Gasteiger partial charge in [0.15, 0.2) is 0 Å².